The summed E-state index contributed by atoms with van der Waals surface area (Å²) in [5, 5.41) is 3.58. The van der Waals surface area contributed by atoms with E-state index in [1.807, 2.05) is 0 Å². The second-order valence-corrected chi connectivity index (χ2v) is 5.17. The third-order valence-corrected chi connectivity index (χ3v) is 3.96. The van der Waals surface area contributed by atoms with Crippen LogP contribution in [-0.4, -0.2) is 30.6 Å². The van der Waals surface area contributed by atoms with Crippen LogP contribution >= 0.6 is 0 Å². The van der Waals surface area contributed by atoms with Crippen molar-refractivity contribution in [1.82, 2.24) is 10.2 Å². The van der Waals surface area contributed by atoms with Gasteiger partial charge in [0.25, 0.3) is 0 Å². The lowest BCUT2D eigenvalue weighted by molar-refractivity contribution is 0.126. The van der Waals surface area contributed by atoms with Gasteiger partial charge < -0.3 is 5.32 Å². The van der Waals surface area contributed by atoms with E-state index in [0.29, 0.717) is 0 Å². The molecule has 1 N–H and O–H groups in total. The van der Waals surface area contributed by atoms with Crippen molar-refractivity contribution in [2.24, 2.45) is 5.92 Å². The summed E-state index contributed by atoms with van der Waals surface area (Å²) in [6.07, 6.45) is 2.80. The van der Waals surface area contributed by atoms with Crippen molar-refractivity contribution in [2.75, 3.05) is 19.6 Å². The molecule has 1 aromatic carbocycles. The second-order valence-electron chi connectivity index (χ2n) is 5.17. The highest BCUT2D eigenvalue weighted by Crippen LogP contribution is 2.25. The van der Waals surface area contributed by atoms with E-state index in [4.69, 9.17) is 0 Å². The monoisotopic (exact) mass is 216 g/mol. The van der Waals surface area contributed by atoms with Crippen molar-refractivity contribution in [3.63, 3.8) is 0 Å². The molecule has 2 nitrogen and oxygen atoms in total. The number of nitrogens with one attached hydrogen (secondary N) is 1. The number of piperidine rings is 1. The molecule has 0 amide bonds. The van der Waals surface area contributed by atoms with Gasteiger partial charge in [-0.25, -0.2) is 0 Å². The van der Waals surface area contributed by atoms with Crippen LogP contribution < -0.4 is 5.32 Å². The maximum absolute atomic E-state index is 3.58. The van der Waals surface area contributed by atoms with Crippen LogP contribution in [0.1, 0.15) is 18.4 Å². The van der Waals surface area contributed by atoms with E-state index in [2.05, 4.69) is 40.5 Å². The summed E-state index contributed by atoms with van der Waals surface area (Å²) in [6, 6.07) is 11.6. The molecule has 0 aromatic heterocycles. The fraction of sp³-hybridized carbons (Fsp3) is 0.571. The van der Waals surface area contributed by atoms with Gasteiger partial charge in [0.05, 0.1) is 0 Å². The van der Waals surface area contributed by atoms with E-state index >= 15 is 0 Å². The van der Waals surface area contributed by atoms with Gasteiger partial charge in [0.2, 0.25) is 0 Å². The van der Waals surface area contributed by atoms with E-state index in [0.717, 1.165) is 18.5 Å². The third kappa shape index (κ3) is 2.13. The molecule has 2 bridgehead atoms. The Labute approximate surface area is 97.6 Å². The number of fused-ring (bicyclic) bond motifs is 4. The van der Waals surface area contributed by atoms with Crippen LogP contribution in [0.15, 0.2) is 30.3 Å². The molecule has 0 aliphatic carbocycles. The van der Waals surface area contributed by atoms with Gasteiger partial charge in [-0.2, -0.15) is 0 Å². The van der Waals surface area contributed by atoms with Crippen LogP contribution in [0.2, 0.25) is 0 Å². The van der Waals surface area contributed by atoms with E-state index in [9.17, 15) is 0 Å². The van der Waals surface area contributed by atoms with Gasteiger partial charge >= 0.3 is 0 Å². The van der Waals surface area contributed by atoms with Crippen molar-refractivity contribution in [2.45, 2.75) is 25.4 Å². The zero-order valence-electron chi connectivity index (χ0n) is 9.73. The molecule has 4 rings (SSSR count). The Morgan fingerprint density at radius 3 is 2.88 bits per heavy atom. The molecule has 86 valence electrons. The zero-order chi connectivity index (χ0) is 10.8. The minimum atomic E-state index is 0.763. The van der Waals surface area contributed by atoms with E-state index in [-0.39, 0.29) is 0 Å². The average Bonchev–Trinajstić information content (AvgIpc) is 2.65. The normalized spacial score (nSPS) is 30.2. The molecule has 2 atom stereocenters. The predicted molar refractivity (Wildman–Crippen MR) is 66.2 cm³/mol. The molecule has 1 aromatic rings. The van der Waals surface area contributed by atoms with Gasteiger partial charge in [-0.15, -0.1) is 0 Å². The van der Waals surface area contributed by atoms with Gasteiger partial charge in [0.1, 0.15) is 0 Å². The fourth-order valence-corrected chi connectivity index (χ4v) is 3.05. The number of nitrogens with zero attached hydrogens (tertiary/aromatic N) is 1. The number of hydrogen-bond donors (Lipinski definition) is 1. The average molecular weight is 216 g/mol. The lowest BCUT2D eigenvalue weighted by Crippen LogP contribution is -2.42. The molecule has 3 aliphatic heterocycles. The first-order valence-electron chi connectivity index (χ1n) is 6.40. The van der Waals surface area contributed by atoms with Crippen LogP contribution in [0, 0.1) is 5.92 Å². The van der Waals surface area contributed by atoms with Crippen LogP contribution in [0.3, 0.4) is 0 Å². The molecule has 0 saturated carbocycles. The van der Waals surface area contributed by atoms with Gasteiger partial charge in [0.15, 0.2) is 0 Å². The maximum Gasteiger partial charge on any atom is 0.0237 e. The van der Waals surface area contributed by atoms with Gasteiger partial charge in [-0.05, 0) is 30.9 Å². The van der Waals surface area contributed by atoms with Crippen molar-refractivity contribution in [3.05, 3.63) is 35.9 Å². The molecule has 3 heterocycles. The summed E-state index contributed by atoms with van der Waals surface area (Å²) in [5.41, 5.74) is 1.45. The molecule has 0 radical (unpaired) electrons. The number of benzene rings is 1. The Kier molecular flexibility index (Phi) is 2.94. The molecule has 0 spiro atoms. The van der Waals surface area contributed by atoms with Crippen LogP contribution in [0.5, 0.6) is 0 Å². The van der Waals surface area contributed by atoms with Crippen LogP contribution in [-0.2, 0) is 6.54 Å². The topological polar surface area (TPSA) is 15.3 Å². The van der Waals surface area contributed by atoms with E-state index in [1.165, 1.54) is 38.0 Å². The Morgan fingerprint density at radius 1 is 1.12 bits per heavy atom. The highest BCUT2D eigenvalue weighted by atomic mass is 15.2. The zero-order valence-corrected chi connectivity index (χ0v) is 9.73. The van der Waals surface area contributed by atoms with Crippen LogP contribution in [0.25, 0.3) is 0 Å². The molecular weight excluding hydrogens is 196 g/mol. The SMILES string of the molecule is c1ccc(CN2C[C@H]3CC[C@@H]2CNC3)cc1. The van der Waals surface area contributed by atoms with Crippen molar-refractivity contribution in [1.29, 1.82) is 0 Å². The van der Waals surface area contributed by atoms with Crippen molar-refractivity contribution in [3.8, 4) is 0 Å². The summed E-state index contributed by atoms with van der Waals surface area (Å²) in [5.74, 6) is 0.877. The van der Waals surface area contributed by atoms with Crippen LogP contribution in [0.4, 0.5) is 0 Å². The van der Waals surface area contributed by atoms with Gasteiger partial charge in [0, 0.05) is 25.7 Å². The molecule has 2 heteroatoms. The molecule has 3 saturated heterocycles. The lowest BCUT2D eigenvalue weighted by Gasteiger charge is -2.36. The smallest absolute Gasteiger partial charge is 0.0237 e. The summed E-state index contributed by atoms with van der Waals surface area (Å²) in [4.78, 5) is 2.67. The second kappa shape index (κ2) is 4.56. The minimum Gasteiger partial charge on any atom is -0.315 e. The highest BCUT2D eigenvalue weighted by molar-refractivity contribution is 5.15. The molecule has 16 heavy (non-hydrogen) atoms. The van der Waals surface area contributed by atoms with Crippen molar-refractivity contribution >= 4 is 0 Å². The van der Waals surface area contributed by atoms with E-state index < -0.39 is 0 Å². The maximum atomic E-state index is 3.58. The fourth-order valence-electron chi connectivity index (χ4n) is 3.05. The predicted octanol–water partition coefficient (Wildman–Crippen LogP) is 1.87. The summed E-state index contributed by atoms with van der Waals surface area (Å²) < 4.78 is 0. The molecular formula is C14H20N2. The summed E-state index contributed by atoms with van der Waals surface area (Å²) in [6.45, 7) is 4.82. The largest absolute Gasteiger partial charge is 0.315 e. The Bertz CT molecular complexity index is 332. The van der Waals surface area contributed by atoms with Crippen molar-refractivity contribution < 1.29 is 0 Å². The Hall–Kier alpha value is -0.860. The minimum absolute atomic E-state index is 0.763. The van der Waals surface area contributed by atoms with Gasteiger partial charge in [-0.1, -0.05) is 30.3 Å². The number of hydrogen-bond acceptors (Lipinski definition) is 2. The standard InChI is InChI=1S/C14H20N2/c1-2-4-12(5-3-1)10-16-11-13-6-7-14(16)9-15-8-13/h1-5,13-15H,6-11H2/t13-,14+/m0/s1. The summed E-state index contributed by atoms with van der Waals surface area (Å²) in [7, 11) is 0. The first-order valence-corrected chi connectivity index (χ1v) is 6.40. The van der Waals surface area contributed by atoms with E-state index in [1.54, 1.807) is 0 Å². The molecule has 3 aliphatic rings. The number of rotatable bonds is 2. The van der Waals surface area contributed by atoms with Gasteiger partial charge in [-0.3, -0.25) is 4.90 Å². The highest BCUT2D eigenvalue weighted by Gasteiger charge is 2.30. The first-order chi connectivity index (χ1) is 7.92. The Balaban J connectivity index is 1.71. The molecule has 0 unspecified atom stereocenters. The quantitative estimate of drug-likeness (QED) is 0.812. The lowest BCUT2D eigenvalue weighted by atomic mass is 9.94. The first kappa shape index (κ1) is 10.3. The third-order valence-electron chi connectivity index (χ3n) is 3.96. The summed E-state index contributed by atoms with van der Waals surface area (Å²) >= 11 is 0. The molecule has 3 fully saturated rings. The Morgan fingerprint density at radius 2 is 2.00 bits per heavy atom.